The fourth-order valence-corrected chi connectivity index (χ4v) is 1.87. The quantitative estimate of drug-likeness (QED) is 0.944. The van der Waals surface area contributed by atoms with Gasteiger partial charge in [-0.05, 0) is 25.1 Å². The number of rotatable bonds is 3. The number of anilines is 2. The first-order valence-electron chi connectivity index (χ1n) is 6.04. The van der Waals surface area contributed by atoms with Crippen molar-refractivity contribution in [1.82, 2.24) is 9.97 Å². The first-order chi connectivity index (χ1) is 9.47. The van der Waals surface area contributed by atoms with Crippen molar-refractivity contribution < 1.29 is 4.79 Å². The molecule has 0 spiro atoms. The van der Waals surface area contributed by atoms with E-state index in [9.17, 15) is 4.79 Å². The summed E-state index contributed by atoms with van der Waals surface area (Å²) < 4.78 is 0. The predicted octanol–water partition coefficient (Wildman–Crippen LogP) is 2.76. The van der Waals surface area contributed by atoms with Crippen molar-refractivity contribution in [2.24, 2.45) is 0 Å². The van der Waals surface area contributed by atoms with E-state index in [1.807, 2.05) is 32.0 Å². The van der Waals surface area contributed by atoms with Crippen LogP contribution in [0.4, 0.5) is 11.4 Å². The van der Waals surface area contributed by atoms with Gasteiger partial charge in [0, 0.05) is 25.3 Å². The molecule has 2 aromatic rings. The van der Waals surface area contributed by atoms with E-state index in [2.05, 4.69) is 15.3 Å². The van der Waals surface area contributed by atoms with Crippen LogP contribution in [0.25, 0.3) is 0 Å². The maximum Gasteiger partial charge on any atom is 0.275 e. The summed E-state index contributed by atoms with van der Waals surface area (Å²) in [7, 11) is 3.79. The van der Waals surface area contributed by atoms with Gasteiger partial charge >= 0.3 is 0 Å². The van der Waals surface area contributed by atoms with Crippen LogP contribution in [0.2, 0.25) is 5.02 Å². The molecule has 2 rings (SSSR count). The van der Waals surface area contributed by atoms with Crippen LogP contribution in [0.15, 0.2) is 30.6 Å². The summed E-state index contributed by atoms with van der Waals surface area (Å²) >= 11 is 5.97. The second kappa shape index (κ2) is 5.88. The van der Waals surface area contributed by atoms with E-state index in [1.165, 1.54) is 6.20 Å². The van der Waals surface area contributed by atoms with Gasteiger partial charge in [-0.2, -0.15) is 0 Å². The van der Waals surface area contributed by atoms with E-state index in [1.54, 1.807) is 18.3 Å². The Kier molecular flexibility index (Phi) is 4.20. The number of aryl methyl sites for hydroxylation is 1. The third-order valence-electron chi connectivity index (χ3n) is 2.70. The predicted molar refractivity (Wildman–Crippen MR) is 80.5 cm³/mol. The zero-order valence-electron chi connectivity index (χ0n) is 11.5. The topological polar surface area (TPSA) is 58.1 Å². The molecule has 1 aromatic carbocycles. The molecule has 1 aromatic heterocycles. The van der Waals surface area contributed by atoms with Crippen LogP contribution in [0.5, 0.6) is 0 Å². The molecule has 0 unspecified atom stereocenters. The number of hydrogen-bond donors (Lipinski definition) is 1. The molecule has 1 N–H and O–H groups in total. The van der Waals surface area contributed by atoms with Crippen LogP contribution in [0.3, 0.4) is 0 Å². The number of carbonyl (C=O) groups excluding carboxylic acids is 1. The van der Waals surface area contributed by atoms with Gasteiger partial charge in [-0.1, -0.05) is 11.6 Å². The van der Waals surface area contributed by atoms with Crippen molar-refractivity contribution in [2.75, 3.05) is 24.3 Å². The van der Waals surface area contributed by atoms with Crippen molar-refractivity contribution in [3.63, 3.8) is 0 Å². The Balaban J connectivity index is 2.27. The molecule has 0 atom stereocenters. The minimum Gasteiger partial charge on any atom is -0.376 e. The molecule has 0 fully saturated rings. The lowest BCUT2D eigenvalue weighted by Gasteiger charge is -2.18. The Bertz CT molecular complexity index is 626. The van der Waals surface area contributed by atoms with Crippen molar-refractivity contribution in [1.29, 1.82) is 0 Å². The van der Waals surface area contributed by atoms with Gasteiger partial charge in [0.1, 0.15) is 5.69 Å². The first kappa shape index (κ1) is 14.3. The third kappa shape index (κ3) is 3.24. The minimum absolute atomic E-state index is 0.264. The molecule has 0 saturated carbocycles. The van der Waals surface area contributed by atoms with Crippen LogP contribution >= 0.6 is 11.6 Å². The third-order valence-corrected chi connectivity index (χ3v) is 2.94. The summed E-state index contributed by atoms with van der Waals surface area (Å²) in [6.45, 7) is 1.82. The first-order valence-corrected chi connectivity index (χ1v) is 6.42. The summed E-state index contributed by atoms with van der Waals surface area (Å²) in [6.07, 6.45) is 3.00. The van der Waals surface area contributed by atoms with Gasteiger partial charge in [0.15, 0.2) is 0 Å². The smallest absolute Gasteiger partial charge is 0.275 e. The second-order valence-electron chi connectivity index (χ2n) is 4.55. The highest BCUT2D eigenvalue weighted by molar-refractivity contribution is 6.31. The van der Waals surface area contributed by atoms with Crippen LogP contribution in [0, 0.1) is 6.92 Å². The van der Waals surface area contributed by atoms with Crippen LogP contribution < -0.4 is 10.2 Å². The Labute approximate surface area is 122 Å². The largest absolute Gasteiger partial charge is 0.376 e. The zero-order chi connectivity index (χ0) is 14.7. The molecule has 0 saturated heterocycles. The molecular weight excluding hydrogens is 276 g/mol. The van der Waals surface area contributed by atoms with Gasteiger partial charge in [0.2, 0.25) is 0 Å². The van der Waals surface area contributed by atoms with E-state index in [0.29, 0.717) is 10.7 Å². The molecule has 0 aliphatic rings. The number of aromatic nitrogens is 2. The molecule has 1 heterocycles. The number of halogens is 1. The van der Waals surface area contributed by atoms with Gasteiger partial charge in [0.25, 0.3) is 5.91 Å². The highest BCUT2D eigenvalue weighted by Crippen LogP contribution is 2.28. The lowest BCUT2D eigenvalue weighted by atomic mass is 10.2. The van der Waals surface area contributed by atoms with Crippen molar-refractivity contribution in [3.05, 3.63) is 47.0 Å². The average Bonchev–Trinajstić information content (AvgIpc) is 2.39. The molecule has 6 heteroatoms. The molecule has 5 nitrogen and oxygen atoms in total. The van der Waals surface area contributed by atoms with Crippen LogP contribution in [-0.2, 0) is 0 Å². The highest BCUT2D eigenvalue weighted by Gasteiger charge is 2.12. The molecule has 1 amide bonds. The lowest BCUT2D eigenvalue weighted by Crippen LogP contribution is -2.18. The molecular formula is C14H15ClN4O. The molecule has 20 heavy (non-hydrogen) atoms. The molecule has 0 bridgehead atoms. The molecule has 0 aliphatic heterocycles. The summed E-state index contributed by atoms with van der Waals surface area (Å²) in [5.41, 5.74) is 2.52. The maximum atomic E-state index is 12.1. The van der Waals surface area contributed by atoms with Crippen LogP contribution in [-0.4, -0.2) is 30.0 Å². The fourth-order valence-electron chi connectivity index (χ4n) is 1.69. The van der Waals surface area contributed by atoms with Crippen molar-refractivity contribution in [3.8, 4) is 0 Å². The van der Waals surface area contributed by atoms with E-state index < -0.39 is 0 Å². The normalized spacial score (nSPS) is 10.2. The van der Waals surface area contributed by atoms with E-state index in [4.69, 9.17) is 11.6 Å². The highest BCUT2D eigenvalue weighted by atomic mass is 35.5. The SMILES string of the molecule is Cc1cnc(C(=O)Nc2cc(Cl)ccc2N(C)C)cn1. The number of nitrogens with one attached hydrogen (secondary N) is 1. The van der Waals surface area contributed by atoms with Crippen molar-refractivity contribution in [2.45, 2.75) is 6.92 Å². The summed E-state index contributed by atoms with van der Waals surface area (Å²) in [4.78, 5) is 22.1. The summed E-state index contributed by atoms with van der Waals surface area (Å²) in [5, 5.41) is 3.36. The lowest BCUT2D eigenvalue weighted by molar-refractivity contribution is 0.102. The van der Waals surface area contributed by atoms with Crippen molar-refractivity contribution >= 4 is 28.9 Å². The molecule has 0 aliphatic carbocycles. The molecule has 0 radical (unpaired) electrons. The number of nitrogens with zero attached hydrogens (tertiary/aromatic N) is 3. The number of carbonyl (C=O) groups is 1. The number of hydrogen-bond acceptors (Lipinski definition) is 4. The Morgan fingerprint density at radius 2 is 2.00 bits per heavy atom. The van der Waals surface area contributed by atoms with Gasteiger partial charge in [0.05, 0.1) is 23.3 Å². The van der Waals surface area contributed by atoms with E-state index in [-0.39, 0.29) is 11.6 Å². The maximum absolute atomic E-state index is 12.1. The van der Waals surface area contributed by atoms with Gasteiger partial charge in [-0.25, -0.2) is 4.98 Å². The Hall–Kier alpha value is -2.14. The summed E-state index contributed by atoms with van der Waals surface area (Å²) in [5.74, 6) is -0.317. The van der Waals surface area contributed by atoms with Gasteiger partial charge in [-0.15, -0.1) is 0 Å². The fraction of sp³-hybridized carbons (Fsp3) is 0.214. The monoisotopic (exact) mass is 290 g/mol. The van der Waals surface area contributed by atoms with Crippen LogP contribution in [0.1, 0.15) is 16.2 Å². The minimum atomic E-state index is -0.317. The zero-order valence-corrected chi connectivity index (χ0v) is 12.3. The number of benzene rings is 1. The standard InChI is InChI=1S/C14H15ClN4O/c1-9-7-17-12(8-16-9)14(20)18-11-6-10(15)4-5-13(11)19(2)3/h4-8H,1-3H3,(H,18,20). The van der Waals surface area contributed by atoms with Gasteiger partial charge < -0.3 is 10.2 Å². The van der Waals surface area contributed by atoms with E-state index >= 15 is 0 Å². The Morgan fingerprint density at radius 1 is 1.25 bits per heavy atom. The molecule has 104 valence electrons. The number of amides is 1. The van der Waals surface area contributed by atoms with Gasteiger partial charge in [-0.3, -0.25) is 9.78 Å². The second-order valence-corrected chi connectivity index (χ2v) is 4.99. The summed E-state index contributed by atoms with van der Waals surface area (Å²) in [6, 6.07) is 5.33. The average molecular weight is 291 g/mol. The van der Waals surface area contributed by atoms with E-state index in [0.717, 1.165) is 11.4 Å². The Morgan fingerprint density at radius 3 is 2.60 bits per heavy atom.